The number of hydrogen-bond donors (Lipinski definition) is 1. The molecular weight excluding hydrogens is 308 g/mol. The minimum Gasteiger partial charge on any atom is -0.444 e. The van der Waals surface area contributed by atoms with Gasteiger partial charge in [-0.05, 0) is 39.3 Å². The Kier molecular flexibility index (Phi) is 4.85. The third-order valence-electron chi connectivity index (χ3n) is 3.04. The van der Waals surface area contributed by atoms with E-state index < -0.39 is 5.60 Å². The summed E-state index contributed by atoms with van der Waals surface area (Å²) in [6.07, 6.45) is 0.307. The van der Waals surface area contributed by atoms with Gasteiger partial charge in [-0.3, -0.25) is 4.79 Å². The highest BCUT2D eigenvalue weighted by atomic mass is 35.5. The van der Waals surface area contributed by atoms with Crippen molar-refractivity contribution >= 4 is 23.6 Å². The lowest BCUT2D eigenvalue weighted by Gasteiger charge is -2.24. The van der Waals surface area contributed by atoms with E-state index in [0.717, 1.165) is 0 Å². The minimum atomic E-state index is -0.530. The van der Waals surface area contributed by atoms with Gasteiger partial charge >= 0.3 is 6.09 Å². The average Bonchev–Trinajstić information content (AvgIpc) is 2.86. The third-order valence-corrected chi connectivity index (χ3v) is 3.24. The number of ether oxygens (including phenoxy) is 1. The number of nitrogens with one attached hydrogen (secondary N) is 1. The molecule has 2 heterocycles. The Bertz CT molecular complexity index is 556. The van der Waals surface area contributed by atoms with Gasteiger partial charge in [0.05, 0.1) is 0 Å². The number of likely N-dealkylation sites (tertiary alicyclic amines) is 1. The van der Waals surface area contributed by atoms with Crippen LogP contribution >= 0.6 is 11.6 Å². The molecule has 0 bridgehead atoms. The predicted octanol–water partition coefficient (Wildman–Crippen LogP) is 1.87. The van der Waals surface area contributed by atoms with E-state index in [9.17, 15) is 9.59 Å². The van der Waals surface area contributed by atoms with Crippen LogP contribution in [0.5, 0.6) is 0 Å². The first-order valence-corrected chi connectivity index (χ1v) is 7.40. The van der Waals surface area contributed by atoms with E-state index in [1.807, 2.05) is 20.8 Å². The second kappa shape index (κ2) is 6.48. The first-order valence-electron chi connectivity index (χ1n) is 7.02. The van der Waals surface area contributed by atoms with Crippen LogP contribution in [0.1, 0.15) is 37.7 Å². The normalized spacial score (nSPS) is 18.2. The molecule has 1 fully saturated rings. The molecule has 1 aliphatic rings. The number of rotatable bonds is 2. The van der Waals surface area contributed by atoms with E-state index >= 15 is 0 Å². The molecule has 1 aromatic heterocycles. The molecule has 0 saturated carbocycles. The van der Waals surface area contributed by atoms with Gasteiger partial charge in [-0.15, -0.1) is 10.2 Å². The SMILES string of the molecule is CC(C)(C)OC(=O)N1CCC(NC(=O)c2ccc(Cl)nn2)C1. The Morgan fingerprint density at radius 2 is 2.09 bits per heavy atom. The molecule has 1 aromatic rings. The maximum absolute atomic E-state index is 12.0. The zero-order valence-corrected chi connectivity index (χ0v) is 13.6. The fourth-order valence-electron chi connectivity index (χ4n) is 2.07. The zero-order valence-electron chi connectivity index (χ0n) is 12.8. The number of amides is 2. The number of carbonyl (C=O) groups excluding carboxylic acids is 2. The van der Waals surface area contributed by atoms with Crippen LogP contribution in [0.25, 0.3) is 0 Å². The van der Waals surface area contributed by atoms with E-state index in [1.54, 1.807) is 4.90 Å². The lowest BCUT2D eigenvalue weighted by Crippen LogP contribution is -2.40. The summed E-state index contributed by atoms with van der Waals surface area (Å²) >= 11 is 5.63. The quantitative estimate of drug-likeness (QED) is 0.896. The van der Waals surface area contributed by atoms with Crippen molar-refractivity contribution in [3.63, 3.8) is 0 Å². The van der Waals surface area contributed by atoms with Gasteiger partial charge in [0.15, 0.2) is 10.8 Å². The molecule has 22 heavy (non-hydrogen) atoms. The maximum Gasteiger partial charge on any atom is 0.410 e. The molecule has 0 aliphatic carbocycles. The van der Waals surface area contributed by atoms with Crippen molar-refractivity contribution in [3.8, 4) is 0 Å². The van der Waals surface area contributed by atoms with Crippen LogP contribution < -0.4 is 5.32 Å². The van der Waals surface area contributed by atoms with Gasteiger partial charge in [0, 0.05) is 19.1 Å². The van der Waals surface area contributed by atoms with Crippen molar-refractivity contribution in [1.29, 1.82) is 0 Å². The molecule has 0 spiro atoms. The highest BCUT2D eigenvalue weighted by Crippen LogP contribution is 2.15. The van der Waals surface area contributed by atoms with Crippen LogP contribution in [0.4, 0.5) is 4.79 Å². The smallest absolute Gasteiger partial charge is 0.410 e. The van der Waals surface area contributed by atoms with Gasteiger partial charge in [0.1, 0.15) is 5.60 Å². The monoisotopic (exact) mass is 326 g/mol. The Labute approximate surface area is 134 Å². The van der Waals surface area contributed by atoms with Crippen LogP contribution in [0.15, 0.2) is 12.1 Å². The van der Waals surface area contributed by atoms with Crippen LogP contribution in [-0.4, -0.2) is 51.8 Å². The number of halogens is 1. The highest BCUT2D eigenvalue weighted by molar-refractivity contribution is 6.29. The number of nitrogens with zero attached hydrogens (tertiary/aromatic N) is 3. The predicted molar refractivity (Wildman–Crippen MR) is 80.7 cm³/mol. The molecule has 2 amide bonds. The molecule has 1 saturated heterocycles. The van der Waals surface area contributed by atoms with Gasteiger partial charge in [0.25, 0.3) is 5.91 Å². The van der Waals surface area contributed by atoms with E-state index in [4.69, 9.17) is 16.3 Å². The number of hydrogen-bond acceptors (Lipinski definition) is 5. The summed E-state index contributed by atoms with van der Waals surface area (Å²) in [5.74, 6) is -0.333. The fraction of sp³-hybridized carbons (Fsp3) is 0.571. The van der Waals surface area contributed by atoms with Gasteiger partial charge in [-0.1, -0.05) is 11.6 Å². The van der Waals surface area contributed by atoms with Crippen molar-refractivity contribution in [2.24, 2.45) is 0 Å². The van der Waals surface area contributed by atoms with Crippen LogP contribution in [0.2, 0.25) is 5.15 Å². The van der Waals surface area contributed by atoms with E-state index in [2.05, 4.69) is 15.5 Å². The van der Waals surface area contributed by atoms with Crippen molar-refractivity contribution in [2.45, 2.75) is 38.8 Å². The molecule has 0 aromatic carbocycles. The lowest BCUT2D eigenvalue weighted by atomic mass is 10.2. The summed E-state index contributed by atoms with van der Waals surface area (Å²) in [4.78, 5) is 25.6. The zero-order chi connectivity index (χ0) is 16.3. The molecule has 1 aliphatic heterocycles. The van der Waals surface area contributed by atoms with Crippen LogP contribution in [-0.2, 0) is 4.74 Å². The summed E-state index contributed by atoms with van der Waals surface area (Å²) in [6.45, 7) is 6.42. The molecule has 1 atom stereocenters. The Balaban J connectivity index is 1.87. The average molecular weight is 327 g/mol. The summed E-state index contributed by atoms with van der Waals surface area (Å²) in [5, 5.41) is 10.4. The Morgan fingerprint density at radius 3 is 2.68 bits per heavy atom. The van der Waals surface area contributed by atoms with E-state index in [1.165, 1.54) is 12.1 Å². The molecule has 0 radical (unpaired) electrons. The third kappa shape index (κ3) is 4.56. The maximum atomic E-state index is 12.0. The van der Waals surface area contributed by atoms with Crippen molar-refractivity contribution in [2.75, 3.05) is 13.1 Å². The highest BCUT2D eigenvalue weighted by Gasteiger charge is 2.30. The Hall–Kier alpha value is -1.89. The number of carbonyl (C=O) groups is 2. The first-order chi connectivity index (χ1) is 10.2. The first kappa shape index (κ1) is 16.5. The molecule has 2 rings (SSSR count). The topological polar surface area (TPSA) is 84.4 Å². The molecular formula is C14H19ClN4O3. The largest absolute Gasteiger partial charge is 0.444 e. The standard InChI is InChI=1S/C14H19ClN4O3/c1-14(2,3)22-13(21)19-7-6-9(8-19)16-12(20)10-4-5-11(15)18-17-10/h4-5,9H,6-8H2,1-3H3,(H,16,20). The molecule has 1 N–H and O–H groups in total. The molecule has 120 valence electrons. The second-order valence-electron chi connectivity index (χ2n) is 6.13. The fourth-order valence-corrected chi connectivity index (χ4v) is 2.17. The van der Waals surface area contributed by atoms with Crippen LogP contribution in [0, 0.1) is 0 Å². The van der Waals surface area contributed by atoms with Crippen molar-refractivity contribution < 1.29 is 14.3 Å². The summed E-state index contributed by atoms with van der Waals surface area (Å²) in [5.41, 5.74) is -0.336. The number of aromatic nitrogens is 2. The van der Waals surface area contributed by atoms with Crippen molar-refractivity contribution in [3.05, 3.63) is 23.0 Å². The summed E-state index contributed by atoms with van der Waals surface area (Å²) in [7, 11) is 0. The van der Waals surface area contributed by atoms with Crippen LogP contribution in [0.3, 0.4) is 0 Å². The molecule has 7 nitrogen and oxygen atoms in total. The Morgan fingerprint density at radius 1 is 1.36 bits per heavy atom. The van der Waals surface area contributed by atoms with Gasteiger partial charge < -0.3 is 15.0 Å². The van der Waals surface area contributed by atoms with Gasteiger partial charge in [0.2, 0.25) is 0 Å². The summed E-state index contributed by atoms with van der Waals surface area (Å²) < 4.78 is 5.31. The van der Waals surface area contributed by atoms with Crippen molar-refractivity contribution in [1.82, 2.24) is 20.4 Å². The lowest BCUT2D eigenvalue weighted by molar-refractivity contribution is 0.0290. The van der Waals surface area contributed by atoms with E-state index in [0.29, 0.717) is 19.5 Å². The van der Waals surface area contributed by atoms with Gasteiger partial charge in [-0.2, -0.15) is 0 Å². The second-order valence-corrected chi connectivity index (χ2v) is 6.51. The molecule has 8 heteroatoms. The van der Waals surface area contributed by atoms with E-state index in [-0.39, 0.29) is 28.9 Å². The summed E-state index contributed by atoms with van der Waals surface area (Å²) in [6, 6.07) is 2.88. The molecule has 1 unspecified atom stereocenters. The minimum absolute atomic E-state index is 0.127. The van der Waals surface area contributed by atoms with Gasteiger partial charge in [-0.25, -0.2) is 4.79 Å².